The quantitative estimate of drug-likeness (QED) is 0.809. The van der Waals surface area contributed by atoms with Crippen LogP contribution in [0.4, 0.5) is 0 Å². The van der Waals surface area contributed by atoms with E-state index in [4.69, 9.17) is 13.4 Å². The Morgan fingerprint density at radius 3 is 2.56 bits per heavy atom. The Balaban J connectivity index is 2.22. The molecular formula is C12H21BN2O3. The van der Waals surface area contributed by atoms with E-state index >= 15 is 0 Å². The molecule has 0 aliphatic carbocycles. The van der Waals surface area contributed by atoms with Crippen LogP contribution in [0.5, 0.6) is 0 Å². The van der Waals surface area contributed by atoms with Crippen molar-refractivity contribution in [3.63, 3.8) is 0 Å². The Kier molecular flexibility index (Phi) is 2.43. The van der Waals surface area contributed by atoms with E-state index in [0.29, 0.717) is 5.46 Å². The van der Waals surface area contributed by atoms with Gasteiger partial charge in [-0.25, -0.2) is 0 Å². The first-order valence-corrected chi connectivity index (χ1v) is 5.98. The summed E-state index contributed by atoms with van der Waals surface area (Å²) in [7, 11) is -0.598. The van der Waals surface area contributed by atoms with Crippen molar-refractivity contribution in [2.24, 2.45) is 0 Å². The van der Waals surface area contributed by atoms with Gasteiger partial charge in [0.2, 0.25) is 0 Å². The first kappa shape index (κ1) is 10.0. The van der Waals surface area contributed by atoms with Gasteiger partial charge in [-0.1, -0.05) is 0 Å². The molecule has 0 aromatic carbocycles. The molecule has 2 heterocycles. The molecule has 1 fully saturated rings. The van der Waals surface area contributed by atoms with E-state index in [1.54, 1.807) is 6.20 Å². The van der Waals surface area contributed by atoms with Crippen molar-refractivity contribution in [1.82, 2.24) is 9.78 Å². The van der Waals surface area contributed by atoms with Gasteiger partial charge in [-0.2, -0.15) is 5.10 Å². The van der Waals surface area contributed by atoms with Crippen molar-refractivity contribution < 1.29 is 18.5 Å². The van der Waals surface area contributed by atoms with Crippen molar-refractivity contribution in [2.45, 2.75) is 51.8 Å². The summed E-state index contributed by atoms with van der Waals surface area (Å²) in [5.41, 5.74) is -0.309. The summed E-state index contributed by atoms with van der Waals surface area (Å²) in [6.07, 6.45) is 3.06. The number of rotatable bonds is 3. The van der Waals surface area contributed by atoms with Crippen LogP contribution >= 0.6 is 0 Å². The van der Waals surface area contributed by atoms with Crippen LogP contribution in [0, 0.1) is 0 Å². The van der Waals surface area contributed by atoms with E-state index in [0.717, 1.165) is 0 Å². The van der Waals surface area contributed by atoms with Crippen LogP contribution in [-0.4, -0.2) is 39.8 Å². The minimum Gasteiger partial charge on any atom is -0.399 e. The predicted octanol–water partition coefficient (Wildman–Crippen LogP) is 0.736. The second-order valence-corrected chi connectivity index (χ2v) is 5.54. The van der Waals surface area contributed by atoms with E-state index in [1.165, 1.54) is 10.9 Å². The van der Waals surface area contributed by atoms with Crippen LogP contribution < -0.4 is 5.46 Å². The largest absolute Gasteiger partial charge is 0.498 e. The van der Waals surface area contributed by atoms with E-state index in [9.17, 15) is 5.11 Å². The fraction of sp³-hybridized carbons (Fsp3) is 0.750. The summed E-state index contributed by atoms with van der Waals surface area (Å²) in [6, 6.07) is -1.08. The first-order chi connectivity index (χ1) is 9.48. The second kappa shape index (κ2) is 4.37. The normalized spacial score (nSPS) is 26.5. The molecule has 1 N–H and O–H groups in total. The lowest BCUT2D eigenvalue weighted by Crippen LogP contribution is -2.41. The molecule has 18 heavy (non-hydrogen) atoms. The van der Waals surface area contributed by atoms with Crippen LogP contribution in [0.15, 0.2) is 12.4 Å². The smallest absolute Gasteiger partial charge is 0.399 e. The molecule has 0 radical (unpaired) electrons. The predicted molar refractivity (Wildman–Crippen MR) is 69.7 cm³/mol. The fourth-order valence-electron chi connectivity index (χ4n) is 1.71. The van der Waals surface area contributed by atoms with Gasteiger partial charge in [-0.3, -0.25) is 4.68 Å². The Bertz CT molecular complexity index is 500. The van der Waals surface area contributed by atoms with Gasteiger partial charge in [0.25, 0.3) is 0 Å². The van der Waals surface area contributed by atoms with Crippen LogP contribution in [0.25, 0.3) is 0 Å². The van der Waals surface area contributed by atoms with E-state index < -0.39 is 37.8 Å². The van der Waals surface area contributed by atoms with Gasteiger partial charge in [0.1, 0.15) is 0 Å². The summed E-state index contributed by atoms with van der Waals surface area (Å²) in [4.78, 5) is 0. The molecule has 0 bridgehead atoms. The molecule has 0 spiro atoms. The molecule has 1 aliphatic rings. The number of hydrogen-bond acceptors (Lipinski definition) is 4. The molecule has 6 heteroatoms. The van der Waals surface area contributed by atoms with Gasteiger partial charge in [0, 0.05) is 22.0 Å². The first-order valence-electron chi connectivity index (χ1n) is 7.48. The minimum absolute atomic E-state index is 0.472. The highest BCUT2D eigenvalue weighted by molar-refractivity contribution is 6.61. The average molecular weight is 255 g/mol. The molecule has 1 atom stereocenters. The number of aliphatic hydroxyl groups is 1. The standard InChI is InChI=1S/C12H21BN2O3/c1-9(8-16)15-7-10(6-14-15)13-17-11(2,3)12(4,5)18-13/h6-7,9,16H,8H2,1-5H3/t9-/m0/s1/i1D3. The third-order valence-electron chi connectivity index (χ3n) is 3.64. The topological polar surface area (TPSA) is 56.5 Å². The van der Waals surface area contributed by atoms with Crippen molar-refractivity contribution in [3.05, 3.63) is 12.4 Å². The molecule has 1 aliphatic heterocycles. The summed E-state index contributed by atoms with van der Waals surface area (Å²) in [5.74, 6) is 0. The van der Waals surface area contributed by atoms with E-state index in [1.807, 2.05) is 27.7 Å². The molecule has 0 saturated carbocycles. The zero-order valence-corrected chi connectivity index (χ0v) is 11.2. The van der Waals surface area contributed by atoms with E-state index in [2.05, 4.69) is 5.10 Å². The van der Waals surface area contributed by atoms with Gasteiger partial charge < -0.3 is 14.4 Å². The summed E-state index contributed by atoms with van der Waals surface area (Å²) in [6.45, 7) is 4.93. The molecule has 1 aromatic rings. The maximum atomic E-state index is 9.27. The molecule has 100 valence electrons. The lowest BCUT2D eigenvalue weighted by atomic mass is 9.82. The highest BCUT2D eigenvalue weighted by atomic mass is 16.7. The molecule has 2 rings (SSSR count). The summed E-state index contributed by atoms with van der Waals surface area (Å²) >= 11 is 0. The molecule has 1 aromatic heterocycles. The Labute approximate surface area is 112 Å². The highest BCUT2D eigenvalue weighted by Crippen LogP contribution is 2.36. The van der Waals surface area contributed by atoms with Crippen LogP contribution in [0.2, 0.25) is 0 Å². The maximum Gasteiger partial charge on any atom is 0.498 e. The Morgan fingerprint density at radius 2 is 2.06 bits per heavy atom. The van der Waals surface area contributed by atoms with Gasteiger partial charge in [0.15, 0.2) is 0 Å². The summed E-state index contributed by atoms with van der Waals surface area (Å²) in [5, 5.41) is 13.3. The van der Waals surface area contributed by atoms with Crippen molar-refractivity contribution in [3.8, 4) is 0 Å². The van der Waals surface area contributed by atoms with Crippen LogP contribution in [-0.2, 0) is 9.31 Å². The van der Waals surface area contributed by atoms with Gasteiger partial charge >= 0.3 is 7.12 Å². The van der Waals surface area contributed by atoms with Crippen molar-refractivity contribution in [1.29, 1.82) is 0 Å². The lowest BCUT2D eigenvalue weighted by molar-refractivity contribution is 0.00578. The Hall–Kier alpha value is -0.845. The molecule has 1 saturated heterocycles. The molecular weight excluding hydrogens is 231 g/mol. The SMILES string of the molecule is [2H]C([2H])([2H])[C@@H](CO)n1cc(B2OC(C)(C)C(C)(C)O2)cn1. The molecule has 0 amide bonds. The Morgan fingerprint density at radius 1 is 1.44 bits per heavy atom. The third kappa shape index (κ3) is 2.20. The van der Waals surface area contributed by atoms with Crippen molar-refractivity contribution in [2.75, 3.05) is 6.61 Å². The molecule has 0 unspecified atom stereocenters. The number of nitrogens with zero attached hydrogens (tertiary/aromatic N) is 2. The maximum absolute atomic E-state index is 9.27. The minimum atomic E-state index is -2.33. The van der Waals surface area contributed by atoms with E-state index in [-0.39, 0.29) is 0 Å². The van der Waals surface area contributed by atoms with Gasteiger partial charge in [-0.05, 0) is 34.5 Å². The zero-order valence-electron chi connectivity index (χ0n) is 14.2. The molecule has 5 nitrogen and oxygen atoms in total. The number of aromatic nitrogens is 2. The third-order valence-corrected chi connectivity index (χ3v) is 3.64. The van der Waals surface area contributed by atoms with Crippen molar-refractivity contribution >= 4 is 12.6 Å². The average Bonchev–Trinajstić information content (AvgIpc) is 2.82. The van der Waals surface area contributed by atoms with Crippen LogP contribution in [0.1, 0.15) is 44.7 Å². The van der Waals surface area contributed by atoms with Crippen LogP contribution in [0.3, 0.4) is 0 Å². The van der Waals surface area contributed by atoms with Gasteiger partial charge in [0.05, 0.1) is 23.9 Å². The highest BCUT2D eigenvalue weighted by Gasteiger charge is 2.52. The second-order valence-electron chi connectivity index (χ2n) is 5.54. The number of aliphatic hydroxyl groups excluding tert-OH is 1. The lowest BCUT2D eigenvalue weighted by Gasteiger charge is -2.32. The monoisotopic (exact) mass is 255 g/mol. The summed E-state index contributed by atoms with van der Waals surface area (Å²) < 4.78 is 35.3. The number of hydrogen-bond donors (Lipinski definition) is 1. The zero-order chi connectivity index (χ0) is 16.1. The fourth-order valence-corrected chi connectivity index (χ4v) is 1.71. The van der Waals surface area contributed by atoms with Gasteiger partial charge in [-0.15, -0.1) is 0 Å².